The molecule has 1 aromatic heterocycles. The van der Waals surface area contributed by atoms with Gasteiger partial charge in [-0.05, 0) is 24.1 Å². The number of H-pyrrole nitrogens is 1. The predicted octanol–water partition coefficient (Wildman–Crippen LogP) is 2.63. The Morgan fingerprint density at radius 1 is 1.30 bits per heavy atom. The van der Waals surface area contributed by atoms with Crippen molar-refractivity contribution < 1.29 is 14.7 Å². The number of nitrogens with one attached hydrogen (secondary N) is 1. The van der Waals surface area contributed by atoms with Gasteiger partial charge in [-0.15, -0.1) is 0 Å². The number of nitrogens with zero attached hydrogens (tertiary/aromatic N) is 2. The number of hydrogen-bond donors (Lipinski definition) is 2. The van der Waals surface area contributed by atoms with Crippen LogP contribution in [0.3, 0.4) is 0 Å². The maximum atomic E-state index is 12.5. The number of benzene rings is 1. The van der Waals surface area contributed by atoms with Crippen LogP contribution in [0, 0.1) is 11.8 Å². The molecular weight excluding hydrogens is 362 g/mol. The van der Waals surface area contributed by atoms with Crippen molar-refractivity contribution in [2.24, 2.45) is 11.8 Å². The molecule has 1 amide bonds. The van der Waals surface area contributed by atoms with Crippen molar-refractivity contribution in [1.29, 1.82) is 0 Å². The first kappa shape index (κ1) is 15.7. The third kappa shape index (κ3) is 3.14. The maximum absolute atomic E-state index is 12.5. The highest BCUT2D eigenvalue weighted by molar-refractivity contribution is 9.10. The lowest BCUT2D eigenvalue weighted by Crippen LogP contribution is -2.30. The highest BCUT2D eigenvalue weighted by Gasteiger charge is 2.37. The summed E-state index contributed by atoms with van der Waals surface area (Å²) >= 11 is 3.38. The molecule has 1 aliphatic heterocycles. The number of aromatic amines is 1. The summed E-state index contributed by atoms with van der Waals surface area (Å²) in [5, 5.41) is 16.1. The molecule has 2 heterocycles. The number of hydrogen-bond acceptors (Lipinski definition) is 3. The summed E-state index contributed by atoms with van der Waals surface area (Å²) in [6.45, 7) is 2.54. The number of carbonyl (C=O) groups excluding carboxylic acids is 1. The van der Waals surface area contributed by atoms with Gasteiger partial charge in [0.05, 0.1) is 11.6 Å². The summed E-state index contributed by atoms with van der Waals surface area (Å²) in [5.41, 5.74) is 1.96. The van der Waals surface area contributed by atoms with Crippen LogP contribution >= 0.6 is 15.9 Å². The minimum absolute atomic E-state index is 0.0506. The SMILES string of the molecule is C[C@@H]1CN(C(=O)c2cc(-c3ccc(Br)cc3)n[nH]2)C[C@H]1C(=O)O. The standard InChI is InChI=1S/C16H16BrN3O3/c1-9-7-20(8-12(9)16(22)23)15(21)14-6-13(18-19-14)10-2-4-11(17)5-3-10/h2-6,9,12H,7-8H2,1H3,(H,18,19)(H,22,23)/t9-,12-/m1/s1. The van der Waals surface area contributed by atoms with E-state index in [-0.39, 0.29) is 18.4 Å². The van der Waals surface area contributed by atoms with Crippen molar-refractivity contribution in [2.75, 3.05) is 13.1 Å². The molecule has 2 aromatic rings. The van der Waals surface area contributed by atoms with Gasteiger partial charge in [0, 0.05) is 23.1 Å². The number of rotatable bonds is 3. The number of likely N-dealkylation sites (tertiary alicyclic amines) is 1. The third-order valence-corrected chi connectivity index (χ3v) is 4.69. The molecule has 0 unspecified atom stereocenters. The van der Waals surface area contributed by atoms with Gasteiger partial charge < -0.3 is 10.0 Å². The normalized spacial score (nSPS) is 20.7. The minimum atomic E-state index is -0.854. The van der Waals surface area contributed by atoms with Crippen molar-refractivity contribution >= 4 is 27.8 Å². The lowest BCUT2D eigenvalue weighted by atomic mass is 9.99. The molecule has 0 bridgehead atoms. The van der Waals surface area contributed by atoms with Crippen molar-refractivity contribution in [3.8, 4) is 11.3 Å². The van der Waals surface area contributed by atoms with Crippen molar-refractivity contribution in [1.82, 2.24) is 15.1 Å². The first-order chi connectivity index (χ1) is 11.0. The molecule has 3 rings (SSSR count). The van der Waals surface area contributed by atoms with E-state index >= 15 is 0 Å². The Hall–Kier alpha value is -2.15. The van der Waals surface area contributed by atoms with Gasteiger partial charge >= 0.3 is 5.97 Å². The van der Waals surface area contributed by atoms with Crippen molar-refractivity contribution in [2.45, 2.75) is 6.92 Å². The predicted molar refractivity (Wildman–Crippen MR) is 87.9 cm³/mol. The van der Waals surface area contributed by atoms with Crippen LogP contribution in [0.4, 0.5) is 0 Å². The summed E-state index contributed by atoms with van der Waals surface area (Å²) < 4.78 is 0.971. The van der Waals surface area contributed by atoms with Crippen LogP contribution in [-0.2, 0) is 4.79 Å². The van der Waals surface area contributed by atoms with E-state index in [1.54, 1.807) is 11.0 Å². The molecular formula is C16H16BrN3O3. The van der Waals surface area contributed by atoms with Gasteiger partial charge in [-0.3, -0.25) is 14.7 Å². The fraction of sp³-hybridized carbons (Fsp3) is 0.312. The molecule has 120 valence electrons. The summed E-state index contributed by atoms with van der Waals surface area (Å²) in [7, 11) is 0. The molecule has 1 saturated heterocycles. The van der Waals surface area contributed by atoms with E-state index in [1.807, 2.05) is 31.2 Å². The zero-order valence-electron chi connectivity index (χ0n) is 12.5. The highest BCUT2D eigenvalue weighted by Crippen LogP contribution is 2.26. The summed E-state index contributed by atoms with van der Waals surface area (Å²) in [5.74, 6) is -1.62. The van der Waals surface area contributed by atoms with E-state index in [0.29, 0.717) is 17.9 Å². The van der Waals surface area contributed by atoms with Crippen LogP contribution in [-0.4, -0.2) is 45.2 Å². The molecule has 23 heavy (non-hydrogen) atoms. The highest BCUT2D eigenvalue weighted by atomic mass is 79.9. The van der Waals surface area contributed by atoms with Crippen molar-refractivity contribution in [3.63, 3.8) is 0 Å². The first-order valence-electron chi connectivity index (χ1n) is 7.29. The number of halogens is 1. The lowest BCUT2D eigenvalue weighted by molar-refractivity contribution is -0.142. The molecule has 0 spiro atoms. The molecule has 2 atom stereocenters. The quantitative estimate of drug-likeness (QED) is 0.860. The monoisotopic (exact) mass is 377 g/mol. The molecule has 1 fully saturated rings. The van der Waals surface area contributed by atoms with Crippen LogP contribution in [0.25, 0.3) is 11.3 Å². The van der Waals surface area contributed by atoms with Gasteiger partial charge in [0.1, 0.15) is 5.69 Å². The molecule has 1 aromatic carbocycles. The number of aromatic nitrogens is 2. The van der Waals surface area contributed by atoms with Gasteiger partial charge in [0.2, 0.25) is 0 Å². The average Bonchev–Trinajstić information content (AvgIpc) is 3.14. The number of carboxylic acid groups (broad SMARTS) is 1. The van der Waals surface area contributed by atoms with E-state index in [2.05, 4.69) is 26.1 Å². The van der Waals surface area contributed by atoms with E-state index in [4.69, 9.17) is 5.11 Å². The zero-order valence-corrected chi connectivity index (χ0v) is 14.1. The molecule has 0 aliphatic carbocycles. The van der Waals surface area contributed by atoms with E-state index in [9.17, 15) is 9.59 Å². The number of carbonyl (C=O) groups is 2. The minimum Gasteiger partial charge on any atom is -0.481 e. The van der Waals surface area contributed by atoms with Crippen LogP contribution in [0.2, 0.25) is 0 Å². The topological polar surface area (TPSA) is 86.3 Å². The molecule has 2 N–H and O–H groups in total. The smallest absolute Gasteiger partial charge is 0.308 e. The molecule has 6 nitrogen and oxygen atoms in total. The Bertz CT molecular complexity index is 741. The van der Waals surface area contributed by atoms with E-state index in [0.717, 1.165) is 10.0 Å². The van der Waals surface area contributed by atoms with Crippen LogP contribution in [0.15, 0.2) is 34.8 Å². The second-order valence-electron chi connectivity index (χ2n) is 5.81. The average molecular weight is 378 g/mol. The summed E-state index contributed by atoms with van der Waals surface area (Å²) in [4.78, 5) is 25.3. The Balaban J connectivity index is 1.77. The molecule has 1 aliphatic rings. The molecule has 0 saturated carbocycles. The Morgan fingerprint density at radius 3 is 2.61 bits per heavy atom. The fourth-order valence-corrected chi connectivity index (χ4v) is 3.09. The second-order valence-corrected chi connectivity index (χ2v) is 6.72. The van der Waals surface area contributed by atoms with E-state index < -0.39 is 11.9 Å². The maximum Gasteiger partial charge on any atom is 0.308 e. The fourth-order valence-electron chi connectivity index (χ4n) is 2.82. The van der Waals surface area contributed by atoms with Crippen LogP contribution < -0.4 is 0 Å². The Labute approximate surface area is 141 Å². The number of amides is 1. The Kier molecular flexibility index (Phi) is 4.21. The number of aliphatic carboxylic acids is 1. The van der Waals surface area contributed by atoms with Crippen LogP contribution in [0.1, 0.15) is 17.4 Å². The Morgan fingerprint density at radius 2 is 2.00 bits per heavy atom. The van der Waals surface area contributed by atoms with Crippen molar-refractivity contribution in [3.05, 3.63) is 40.5 Å². The summed E-state index contributed by atoms with van der Waals surface area (Å²) in [6, 6.07) is 9.33. The van der Waals surface area contributed by atoms with Gasteiger partial charge in [-0.1, -0.05) is 35.0 Å². The van der Waals surface area contributed by atoms with Gasteiger partial charge in [0.15, 0.2) is 0 Å². The van der Waals surface area contributed by atoms with Gasteiger partial charge in [-0.2, -0.15) is 5.10 Å². The summed E-state index contributed by atoms with van der Waals surface area (Å²) in [6.07, 6.45) is 0. The molecule has 0 radical (unpaired) electrons. The molecule has 7 heteroatoms. The number of carboxylic acids is 1. The van der Waals surface area contributed by atoms with Gasteiger partial charge in [0.25, 0.3) is 5.91 Å². The van der Waals surface area contributed by atoms with E-state index in [1.165, 1.54) is 0 Å². The zero-order chi connectivity index (χ0) is 16.6. The largest absolute Gasteiger partial charge is 0.481 e. The second kappa shape index (κ2) is 6.16. The van der Waals surface area contributed by atoms with Crippen LogP contribution in [0.5, 0.6) is 0 Å². The first-order valence-corrected chi connectivity index (χ1v) is 8.08. The lowest BCUT2D eigenvalue weighted by Gasteiger charge is -2.14. The van der Waals surface area contributed by atoms with Gasteiger partial charge in [-0.25, -0.2) is 0 Å². The third-order valence-electron chi connectivity index (χ3n) is 4.17.